The molecular formula is C27H30N4O3. The Balaban J connectivity index is 0.00000408. The molecule has 3 aromatic carbocycles. The Kier molecular flexibility index (Phi) is 10.5. The number of rotatable bonds is 8. The molecule has 0 saturated heterocycles. The molecule has 176 valence electrons. The fourth-order valence-electron chi connectivity index (χ4n) is 3.05. The summed E-state index contributed by atoms with van der Waals surface area (Å²) in [6.45, 7) is 1.46. The first-order valence-electron chi connectivity index (χ1n) is 10.5. The van der Waals surface area contributed by atoms with E-state index in [2.05, 4.69) is 34.6 Å². The summed E-state index contributed by atoms with van der Waals surface area (Å²) in [6.07, 6.45) is 0. The molecule has 2 amide bonds. The number of amides is 2. The second kappa shape index (κ2) is 13.6. The van der Waals surface area contributed by atoms with E-state index >= 15 is 0 Å². The molecule has 0 radical (unpaired) electrons. The lowest BCUT2D eigenvalue weighted by atomic mass is 10.1. The molecular weight excluding hydrogens is 428 g/mol. The van der Waals surface area contributed by atoms with Crippen molar-refractivity contribution in [2.24, 2.45) is 5.73 Å². The van der Waals surface area contributed by atoms with Crippen molar-refractivity contribution in [1.29, 1.82) is 0 Å². The Hall–Kier alpha value is -3.96. The van der Waals surface area contributed by atoms with Gasteiger partial charge in [-0.25, -0.2) is 5.48 Å². The third-order valence-corrected chi connectivity index (χ3v) is 4.92. The molecule has 0 bridgehead atoms. The van der Waals surface area contributed by atoms with Gasteiger partial charge in [-0.05, 0) is 47.5 Å². The fourth-order valence-corrected chi connectivity index (χ4v) is 3.05. The maximum Gasteiger partial charge on any atom is 0.267 e. The molecule has 7 heteroatoms. The summed E-state index contributed by atoms with van der Waals surface area (Å²) in [4.78, 5) is 23.7. The van der Waals surface area contributed by atoms with Crippen molar-refractivity contribution in [3.05, 3.63) is 107 Å². The number of nitrogens with two attached hydrogens (primary N) is 1. The van der Waals surface area contributed by atoms with E-state index < -0.39 is 17.9 Å². The van der Waals surface area contributed by atoms with E-state index in [0.29, 0.717) is 5.56 Å². The summed E-state index contributed by atoms with van der Waals surface area (Å²) >= 11 is 0. The highest BCUT2D eigenvalue weighted by Gasteiger charge is 2.19. The molecule has 0 unspecified atom stereocenters. The Morgan fingerprint density at radius 3 is 1.88 bits per heavy atom. The van der Waals surface area contributed by atoms with Crippen molar-refractivity contribution < 1.29 is 14.8 Å². The van der Waals surface area contributed by atoms with E-state index in [-0.39, 0.29) is 14.0 Å². The summed E-state index contributed by atoms with van der Waals surface area (Å²) in [5.74, 6) is 4.95. The van der Waals surface area contributed by atoms with Gasteiger partial charge in [-0.2, -0.15) is 0 Å². The summed E-state index contributed by atoms with van der Waals surface area (Å²) < 4.78 is 0. The van der Waals surface area contributed by atoms with E-state index in [1.807, 2.05) is 42.5 Å². The molecule has 0 aliphatic heterocycles. The van der Waals surface area contributed by atoms with Gasteiger partial charge in [0.15, 0.2) is 0 Å². The van der Waals surface area contributed by atoms with Gasteiger partial charge in [-0.3, -0.25) is 14.8 Å². The SMILES string of the molecule is C.NC[C@H](NC(=O)c1ccc(C#Cc2ccc(CNCc3ccccc3)cc2)cc1)C(=O)NO. The van der Waals surface area contributed by atoms with Crippen LogP contribution in [0.2, 0.25) is 0 Å². The predicted octanol–water partition coefficient (Wildman–Crippen LogP) is 2.57. The first kappa shape index (κ1) is 26.3. The van der Waals surface area contributed by atoms with Crippen LogP contribution in [0, 0.1) is 11.8 Å². The lowest BCUT2D eigenvalue weighted by molar-refractivity contribution is -0.130. The van der Waals surface area contributed by atoms with Crippen LogP contribution in [0.1, 0.15) is 40.0 Å². The van der Waals surface area contributed by atoms with Gasteiger partial charge in [0.05, 0.1) is 0 Å². The van der Waals surface area contributed by atoms with Crippen LogP contribution in [-0.2, 0) is 17.9 Å². The minimum absolute atomic E-state index is 0. The molecule has 0 saturated carbocycles. The van der Waals surface area contributed by atoms with E-state index in [4.69, 9.17) is 10.9 Å². The average molecular weight is 459 g/mol. The quantitative estimate of drug-likeness (QED) is 0.202. The smallest absolute Gasteiger partial charge is 0.267 e. The number of hydroxylamine groups is 1. The normalized spacial score (nSPS) is 10.8. The molecule has 0 aliphatic rings. The first-order chi connectivity index (χ1) is 16.1. The molecule has 0 aliphatic carbocycles. The Morgan fingerprint density at radius 2 is 1.35 bits per heavy atom. The van der Waals surface area contributed by atoms with Gasteiger partial charge in [0.1, 0.15) is 6.04 Å². The van der Waals surface area contributed by atoms with Gasteiger partial charge in [0.2, 0.25) is 0 Å². The monoisotopic (exact) mass is 458 g/mol. The number of nitrogens with one attached hydrogen (secondary N) is 3. The van der Waals surface area contributed by atoms with E-state index in [9.17, 15) is 9.59 Å². The number of benzene rings is 3. The van der Waals surface area contributed by atoms with Crippen molar-refractivity contribution in [2.75, 3.05) is 6.54 Å². The topological polar surface area (TPSA) is 116 Å². The highest BCUT2D eigenvalue weighted by Crippen LogP contribution is 2.07. The van der Waals surface area contributed by atoms with E-state index in [0.717, 1.165) is 24.2 Å². The Labute approximate surface area is 200 Å². The second-order valence-electron chi connectivity index (χ2n) is 7.35. The van der Waals surface area contributed by atoms with Gasteiger partial charge in [-0.15, -0.1) is 0 Å². The third-order valence-electron chi connectivity index (χ3n) is 4.92. The van der Waals surface area contributed by atoms with E-state index in [1.165, 1.54) is 16.6 Å². The molecule has 0 fully saturated rings. The van der Waals surface area contributed by atoms with Crippen molar-refractivity contribution in [3.8, 4) is 11.8 Å². The van der Waals surface area contributed by atoms with Gasteiger partial charge in [0, 0.05) is 36.3 Å². The lowest BCUT2D eigenvalue weighted by Gasteiger charge is -2.14. The first-order valence-corrected chi connectivity index (χ1v) is 10.5. The standard InChI is InChI=1S/C26H26N4O3.CH4/c27-16-24(26(32)30-33)29-25(31)23-14-12-20(13-15-23)7-6-19-8-10-22(11-9-19)18-28-17-21-4-2-1-3-5-21;/h1-5,8-15,24,28,33H,16-18,27H2,(H,29,31)(H,30,32);1H4/t24-;/m0./s1. The highest BCUT2D eigenvalue weighted by molar-refractivity contribution is 5.97. The zero-order valence-electron chi connectivity index (χ0n) is 18.0. The van der Waals surface area contributed by atoms with Crippen molar-refractivity contribution in [3.63, 3.8) is 0 Å². The van der Waals surface area contributed by atoms with E-state index in [1.54, 1.807) is 24.3 Å². The minimum atomic E-state index is -1.02. The largest absolute Gasteiger partial charge is 0.339 e. The van der Waals surface area contributed by atoms with Crippen LogP contribution in [0.5, 0.6) is 0 Å². The molecule has 7 nitrogen and oxygen atoms in total. The highest BCUT2D eigenvalue weighted by atomic mass is 16.5. The van der Waals surface area contributed by atoms with Crippen molar-refractivity contribution >= 4 is 11.8 Å². The number of hydrogen-bond donors (Lipinski definition) is 5. The summed E-state index contributed by atoms with van der Waals surface area (Å²) in [5.41, 5.74) is 11.4. The second-order valence-corrected chi connectivity index (χ2v) is 7.35. The molecule has 0 spiro atoms. The van der Waals surface area contributed by atoms with Crippen molar-refractivity contribution in [1.82, 2.24) is 16.1 Å². The minimum Gasteiger partial charge on any atom is -0.339 e. The van der Waals surface area contributed by atoms with Crippen LogP contribution in [0.3, 0.4) is 0 Å². The van der Waals surface area contributed by atoms with Crippen LogP contribution >= 0.6 is 0 Å². The van der Waals surface area contributed by atoms with Crippen LogP contribution in [0.4, 0.5) is 0 Å². The lowest BCUT2D eigenvalue weighted by Crippen LogP contribution is -2.50. The zero-order valence-corrected chi connectivity index (χ0v) is 18.0. The fraction of sp³-hybridized carbons (Fsp3) is 0.185. The summed E-state index contributed by atoms with van der Waals surface area (Å²) in [5, 5.41) is 14.6. The van der Waals surface area contributed by atoms with Gasteiger partial charge in [-0.1, -0.05) is 61.7 Å². The molecule has 3 rings (SSSR count). The number of carbonyl (C=O) groups is 2. The number of carbonyl (C=O) groups excluding carboxylic acids is 2. The average Bonchev–Trinajstić information content (AvgIpc) is 2.87. The summed E-state index contributed by atoms with van der Waals surface area (Å²) in [7, 11) is 0. The van der Waals surface area contributed by atoms with Crippen LogP contribution < -0.4 is 21.8 Å². The van der Waals surface area contributed by atoms with Crippen LogP contribution in [0.15, 0.2) is 78.9 Å². The van der Waals surface area contributed by atoms with Crippen LogP contribution in [0.25, 0.3) is 0 Å². The Bertz CT molecular complexity index is 1120. The molecule has 3 aromatic rings. The van der Waals surface area contributed by atoms with Gasteiger partial charge < -0.3 is 16.4 Å². The zero-order chi connectivity index (χ0) is 23.5. The maximum atomic E-state index is 12.2. The van der Waals surface area contributed by atoms with Crippen LogP contribution in [-0.4, -0.2) is 29.6 Å². The van der Waals surface area contributed by atoms with Gasteiger partial charge in [0.25, 0.3) is 11.8 Å². The molecule has 6 N–H and O–H groups in total. The summed E-state index contributed by atoms with van der Waals surface area (Å²) in [6, 6.07) is 24.0. The molecule has 1 atom stereocenters. The predicted molar refractivity (Wildman–Crippen MR) is 133 cm³/mol. The van der Waals surface area contributed by atoms with Crippen molar-refractivity contribution in [2.45, 2.75) is 26.6 Å². The Morgan fingerprint density at radius 1 is 0.824 bits per heavy atom. The molecule has 0 aromatic heterocycles. The van der Waals surface area contributed by atoms with Gasteiger partial charge >= 0.3 is 0 Å². The molecule has 34 heavy (non-hydrogen) atoms. The number of hydrogen-bond acceptors (Lipinski definition) is 5. The third kappa shape index (κ3) is 7.87. The maximum absolute atomic E-state index is 12.2. The molecule has 0 heterocycles.